The van der Waals surface area contributed by atoms with Crippen LogP contribution in [0.5, 0.6) is 0 Å². The Labute approximate surface area is 358 Å². The van der Waals surface area contributed by atoms with E-state index in [2.05, 4.69) is 53.5 Å². The molecule has 5 heterocycles. The molecule has 2 aliphatic heterocycles. The van der Waals surface area contributed by atoms with Crippen LogP contribution in [0.4, 0.5) is 24.8 Å². The van der Waals surface area contributed by atoms with E-state index in [1.165, 1.54) is 40.8 Å². The van der Waals surface area contributed by atoms with Gasteiger partial charge in [-0.2, -0.15) is 18.3 Å². The number of aromatic nitrogens is 6. The van der Waals surface area contributed by atoms with Crippen molar-refractivity contribution in [1.29, 1.82) is 0 Å². The fourth-order valence-corrected chi connectivity index (χ4v) is 10.3. The summed E-state index contributed by atoms with van der Waals surface area (Å²) in [5, 5.41) is 9.78. The Morgan fingerprint density at radius 2 is 1.73 bits per heavy atom. The molecule has 0 radical (unpaired) electrons. The van der Waals surface area contributed by atoms with Gasteiger partial charge in [-0.15, -0.1) is 0 Å². The van der Waals surface area contributed by atoms with Gasteiger partial charge in [0.2, 0.25) is 21.9 Å². The second kappa shape index (κ2) is 17.9. The van der Waals surface area contributed by atoms with Crippen LogP contribution in [0.25, 0.3) is 22.3 Å². The van der Waals surface area contributed by atoms with Gasteiger partial charge in [-0.3, -0.25) is 18.6 Å². The van der Waals surface area contributed by atoms with Crippen molar-refractivity contribution in [2.75, 3.05) is 44.6 Å². The molecular formula is C43H53F3N10O5S. The van der Waals surface area contributed by atoms with Crippen LogP contribution in [0.3, 0.4) is 0 Å². The van der Waals surface area contributed by atoms with Crippen molar-refractivity contribution in [3.05, 3.63) is 82.2 Å². The molecule has 1 unspecified atom stereocenters. The van der Waals surface area contributed by atoms with Gasteiger partial charge < -0.3 is 20.3 Å². The molecule has 15 nitrogen and oxygen atoms in total. The molecule has 3 fully saturated rings. The Hall–Kier alpha value is -5.11. The first-order valence-electron chi connectivity index (χ1n) is 21.2. The van der Waals surface area contributed by atoms with E-state index in [1.54, 1.807) is 18.5 Å². The van der Waals surface area contributed by atoms with E-state index in [4.69, 9.17) is 4.74 Å². The van der Waals surface area contributed by atoms with Crippen LogP contribution < -0.4 is 21.0 Å². The minimum absolute atomic E-state index is 0.0339. The number of hydrogen-bond acceptors (Lipinski definition) is 10. The minimum Gasteiger partial charge on any atom is -0.377 e. The number of sulfonamides is 1. The van der Waals surface area contributed by atoms with Gasteiger partial charge in [-0.05, 0) is 118 Å². The van der Waals surface area contributed by atoms with Gasteiger partial charge in [0.15, 0.2) is 0 Å². The summed E-state index contributed by atoms with van der Waals surface area (Å²) in [4.78, 5) is 35.5. The molecule has 2 aromatic carbocycles. The van der Waals surface area contributed by atoms with Crippen molar-refractivity contribution in [3.8, 4) is 11.3 Å². The molecule has 62 heavy (non-hydrogen) atoms. The lowest BCUT2D eigenvalue weighted by Crippen LogP contribution is -2.39. The zero-order chi connectivity index (χ0) is 43.8. The number of halogens is 3. The molecule has 1 saturated carbocycles. The summed E-state index contributed by atoms with van der Waals surface area (Å²) >= 11 is 0. The van der Waals surface area contributed by atoms with Crippen LogP contribution in [0, 0.1) is 12.8 Å². The number of carbonyl (C=O) groups excluding carboxylic acids is 1. The number of aryl methyl sites for hydroxylation is 3. The van der Waals surface area contributed by atoms with E-state index in [0.717, 1.165) is 69.2 Å². The molecule has 1 atom stereocenters. The number of benzene rings is 2. The van der Waals surface area contributed by atoms with E-state index in [9.17, 15) is 31.2 Å². The predicted molar refractivity (Wildman–Crippen MR) is 227 cm³/mol. The zero-order valence-electron chi connectivity index (χ0n) is 35.1. The number of alkyl halides is 3. The maximum atomic E-state index is 13.7. The highest BCUT2D eigenvalue weighted by molar-refractivity contribution is 7.89. The summed E-state index contributed by atoms with van der Waals surface area (Å²) in [6.07, 6.45) is 6.05. The number of imidazole rings is 1. The predicted octanol–water partition coefficient (Wildman–Crippen LogP) is 5.79. The molecule has 0 spiro atoms. The van der Waals surface area contributed by atoms with Crippen molar-refractivity contribution >= 4 is 38.6 Å². The van der Waals surface area contributed by atoms with Crippen molar-refractivity contribution < 1.29 is 31.1 Å². The third kappa shape index (κ3) is 9.60. The van der Waals surface area contributed by atoms with E-state index >= 15 is 0 Å². The monoisotopic (exact) mass is 878 g/mol. The number of nitrogens with zero attached hydrogens (tertiary/aromatic N) is 7. The topological polar surface area (TPSA) is 170 Å². The highest BCUT2D eigenvalue weighted by Crippen LogP contribution is 2.37. The molecule has 2 saturated heterocycles. The number of carbonyl (C=O) groups is 1. The summed E-state index contributed by atoms with van der Waals surface area (Å²) in [7, 11) is -0.437. The maximum absolute atomic E-state index is 13.7. The quantitative estimate of drug-likeness (QED) is 0.123. The molecule has 8 rings (SSSR count). The number of piperidine rings is 2. The van der Waals surface area contributed by atoms with Crippen LogP contribution in [-0.4, -0.2) is 93.5 Å². The zero-order valence-corrected chi connectivity index (χ0v) is 35.9. The lowest BCUT2D eigenvalue weighted by molar-refractivity contribution is -0.137. The molecule has 1 amide bonds. The van der Waals surface area contributed by atoms with E-state index in [0.29, 0.717) is 48.7 Å². The van der Waals surface area contributed by atoms with Gasteiger partial charge in [0, 0.05) is 63.8 Å². The van der Waals surface area contributed by atoms with Gasteiger partial charge in [0.1, 0.15) is 5.56 Å². The van der Waals surface area contributed by atoms with Gasteiger partial charge in [0.25, 0.3) is 0 Å². The van der Waals surface area contributed by atoms with Crippen LogP contribution >= 0.6 is 0 Å². The number of hydrogen-bond donors (Lipinski definition) is 3. The number of ether oxygens (including phenoxy) is 1. The molecule has 3 aromatic heterocycles. The second-order valence-electron chi connectivity index (χ2n) is 16.9. The Kier molecular flexibility index (Phi) is 12.6. The average molecular weight is 879 g/mol. The molecule has 19 heteroatoms. The first-order valence-corrected chi connectivity index (χ1v) is 22.7. The van der Waals surface area contributed by atoms with E-state index in [-0.39, 0.29) is 59.0 Å². The maximum Gasteiger partial charge on any atom is 0.419 e. The van der Waals surface area contributed by atoms with Crippen LogP contribution in [0.1, 0.15) is 80.0 Å². The Balaban J connectivity index is 0.763. The second-order valence-corrected chi connectivity index (χ2v) is 18.7. The number of amides is 1. The number of fused-ring (bicyclic) bond motifs is 1. The Bertz CT molecular complexity index is 2580. The normalized spacial score (nSPS) is 20.7. The molecule has 3 aliphatic rings. The standard InChI is InChI=1S/C43H53F3N10O5S/c1-27-20-34(10-11-36(27)51-41-48-24-35(43(44,45)46)40(52-41)31-22-49-53(2)26-31)62(59,60)50-16-19-61-33-8-4-28(5-9-33)25-55-17-14-29(15-18-55)30-6-12-37-38(21-30)54(3)42(58)56(37)32-7-13-39(57)47-23-32/h6,10-12,20-22,24,26,28-29,32-33,50H,4-5,7-9,13-19,23,25H2,1-3H3,(H,47,57)(H,48,51,52). The molecule has 5 aromatic rings. The summed E-state index contributed by atoms with van der Waals surface area (Å²) in [5.74, 6) is 0.988. The molecule has 332 valence electrons. The fourth-order valence-electron chi connectivity index (χ4n) is 9.18. The lowest BCUT2D eigenvalue weighted by Gasteiger charge is -2.36. The van der Waals surface area contributed by atoms with E-state index < -0.39 is 21.8 Å². The van der Waals surface area contributed by atoms with Crippen LogP contribution in [-0.2, 0) is 39.8 Å². The first-order chi connectivity index (χ1) is 29.6. The highest BCUT2D eigenvalue weighted by atomic mass is 32.2. The number of nitrogens with one attached hydrogen (secondary N) is 3. The average Bonchev–Trinajstić information content (AvgIpc) is 3.80. The van der Waals surface area contributed by atoms with Crippen molar-refractivity contribution in [1.82, 2.24) is 43.8 Å². The lowest BCUT2D eigenvalue weighted by atomic mass is 9.85. The smallest absolute Gasteiger partial charge is 0.377 e. The molecule has 1 aliphatic carbocycles. The third-order valence-electron chi connectivity index (χ3n) is 12.7. The van der Waals surface area contributed by atoms with Gasteiger partial charge in [-0.1, -0.05) is 6.07 Å². The minimum atomic E-state index is -4.67. The largest absolute Gasteiger partial charge is 0.419 e. The van der Waals surface area contributed by atoms with Crippen LogP contribution in [0.15, 0.2) is 64.7 Å². The van der Waals surface area contributed by atoms with Gasteiger partial charge >= 0.3 is 11.9 Å². The summed E-state index contributed by atoms with van der Waals surface area (Å²) in [5.41, 5.74) is 2.92. The number of likely N-dealkylation sites (tertiary alicyclic amines) is 1. The van der Waals surface area contributed by atoms with E-state index in [1.807, 2.05) is 11.6 Å². The fraction of sp³-hybridized carbons (Fsp3) is 0.512. The number of rotatable bonds is 13. The summed E-state index contributed by atoms with van der Waals surface area (Å²) in [6.45, 7) is 5.64. The first kappa shape index (κ1) is 43.5. The Morgan fingerprint density at radius 3 is 2.40 bits per heavy atom. The summed E-state index contributed by atoms with van der Waals surface area (Å²) in [6, 6.07) is 10.8. The molecule has 3 N–H and O–H groups in total. The SMILES string of the molecule is Cc1cc(S(=O)(=O)NCCOC2CCC(CN3CCC(c4ccc5c(c4)n(C)c(=O)n5C4CCC(=O)NC4)CC3)CC2)ccc1Nc1ncc(C(F)(F)F)c(-c2cnn(C)c2)n1. The van der Waals surface area contributed by atoms with Gasteiger partial charge in [-0.25, -0.2) is 27.9 Å². The Morgan fingerprint density at radius 1 is 0.952 bits per heavy atom. The van der Waals surface area contributed by atoms with Crippen molar-refractivity contribution in [3.63, 3.8) is 0 Å². The molecular weight excluding hydrogens is 826 g/mol. The van der Waals surface area contributed by atoms with Crippen LogP contribution in [0.2, 0.25) is 0 Å². The highest BCUT2D eigenvalue weighted by Gasteiger charge is 2.36. The third-order valence-corrected chi connectivity index (χ3v) is 14.1. The van der Waals surface area contributed by atoms with Gasteiger partial charge in [0.05, 0.1) is 46.6 Å². The van der Waals surface area contributed by atoms with Crippen molar-refractivity contribution in [2.24, 2.45) is 20.0 Å². The van der Waals surface area contributed by atoms with Crippen molar-refractivity contribution in [2.45, 2.75) is 87.4 Å². The summed E-state index contributed by atoms with van der Waals surface area (Å²) < 4.78 is 81.2. The molecule has 0 bridgehead atoms. The number of anilines is 2.